The molecule has 0 unspecified atom stereocenters. The van der Waals surface area contributed by atoms with Gasteiger partial charge in [0.05, 0.1) is 11.4 Å². The summed E-state index contributed by atoms with van der Waals surface area (Å²) in [6.07, 6.45) is 2.03. The summed E-state index contributed by atoms with van der Waals surface area (Å²) in [5, 5.41) is 10.3. The van der Waals surface area contributed by atoms with Gasteiger partial charge < -0.3 is 15.2 Å². The lowest BCUT2D eigenvalue weighted by molar-refractivity contribution is 0.372. The molecule has 10 heteroatoms. The van der Waals surface area contributed by atoms with Crippen LogP contribution in [0.25, 0.3) is 0 Å². The van der Waals surface area contributed by atoms with E-state index < -0.39 is 10.0 Å². The zero-order valence-electron chi connectivity index (χ0n) is 18.4. The molecule has 0 saturated heterocycles. The smallest absolute Gasteiger partial charge is 0.213 e. The average Bonchev–Trinajstić information content (AvgIpc) is 3.21. The van der Waals surface area contributed by atoms with Gasteiger partial charge in [-0.2, -0.15) is 0 Å². The number of nitrogens with one attached hydrogen (secondary N) is 3. The van der Waals surface area contributed by atoms with Gasteiger partial charge in [-0.25, -0.2) is 18.1 Å². The molecule has 0 radical (unpaired) electrons. The van der Waals surface area contributed by atoms with E-state index >= 15 is 0 Å². The highest BCUT2D eigenvalue weighted by atomic mass is 127. The molecule has 2 aromatic rings. The molecule has 0 bridgehead atoms. The summed E-state index contributed by atoms with van der Waals surface area (Å²) in [6.45, 7) is 7.75. The van der Waals surface area contributed by atoms with Crippen molar-refractivity contribution in [1.82, 2.24) is 20.5 Å². The molecule has 0 aliphatic rings. The van der Waals surface area contributed by atoms with Crippen molar-refractivity contribution in [3.63, 3.8) is 0 Å². The second-order valence-corrected chi connectivity index (χ2v) is 8.91. The number of aromatic nitrogens is 1. The van der Waals surface area contributed by atoms with Gasteiger partial charge >= 0.3 is 0 Å². The molecule has 2 rings (SSSR count). The van der Waals surface area contributed by atoms with Crippen LogP contribution in [-0.2, 0) is 23.1 Å². The molecule has 0 fully saturated rings. The van der Waals surface area contributed by atoms with Crippen molar-refractivity contribution in [2.45, 2.75) is 52.6 Å². The Morgan fingerprint density at radius 2 is 1.84 bits per heavy atom. The van der Waals surface area contributed by atoms with Gasteiger partial charge in [-0.3, -0.25) is 0 Å². The third kappa shape index (κ3) is 10.0. The molecule has 0 saturated carbocycles. The molecule has 0 aliphatic carbocycles. The first kappa shape index (κ1) is 27.4. The van der Waals surface area contributed by atoms with E-state index in [0.29, 0.717) is 30.7 Å². The summed E-state index contributed by atoms with van der Waals surface area (Å²) in [6, 6.07) is 11.4. The van der Waals surface area contributed by atoms with Gasteiger partial charge in [0.15, 0.2) is 11.7 Å². The van der Waals surface area contributed by atoms with Gasteiger partial charge in [0, 0.05) is 31.6 Å². The summed E-state index contributed by atoms with van der Waals surface area (Å²) < 4.78 is 32.4. The second-order valence-electron chi connectivity index (χ2n) is 6.98. The summed E-state index contributed by atoms with van der Waals surface area (Å²) >= 11 is 0. The van der Waals surface area contributed by atoms with Crippen LogP contribution in [0.4, 0.5) is 0 Å². The molecule has 0 atom stereocenters. The third-order valence-corrected chi connectivity index (χ3v) is 6.05. The first-order valence-corrected chi connectivity index (χ1v) is 12.1. The number of rotatable bonds is 12. The summed E-state index contributed by atoms with van der Waals surface area (Å²) in [5.74, 6) is 1.57. The molecule has 1 aromatic carbocycles. The van der Waals surface area contributed by atoms with E-state index in [1.54, 1.807) is 0 Å². The minimum absolute atomic E-state index is 0. The van der Waals surface area contributed by atoms with E-state index in [1.807, 2.05) is 43.3 Å². The lowest BCUT2D eigenvalue weighted by Crippen LogP contribution is -2.41. The Hall–Kier alpha value is -1.66. The molecule has 3 N–H and O–H groups in total. The largest absolute Gasteiger partial charge is 0.359 e. The Morgan fingerprint density at radius 1 is 1.13 bits per heavy atom. The van der Waals surface area contributed by atoms with Crippen molar-refractivity contribution in [2.24, 2.45) is 4.99 Å². The molecule has 0 spiro atoms. The first-order valence-electron chi connectivity index (χ1n) is 10.5. The summed E-state index contributed by atoms with van der Waals surface area (Å²) in [4.78, 5) is 4.47. The molecule has 0 amide bonds. The topological polar surface area (TPSA) is 109 Å². The zero-order valence-corrected chi connectivity index (χ0v) is 21.6. The van der Waals surface area contributed by atoms with Gasteiger partial charge in [-0.15, -0.1) is 24.0 Å². The van der Waals surface area contributed by atoms with E-state index in [0.717, 1.165) is 24.1 Å². The highest BCUT2D eigenvalue weighted by Gasteiger charge is 2.13. The molecule has 174 valence electrons. The number of guanidine groups is 1. The molecule has 1 aromatic heterocycles. The first-order chi connectivity index (χ1) is 14.5. The van der Waals surface area contributed by atoms with Crippen LogP contribution in [0.5, 0.6) is 0 Å². The van der Waals surface area contributed by atoms with Crippen molar-refractivity contribution >= 4 is 40.0 Å². The van der Waals surface area contributed by atoms with E-state index in [-0.39, 0.29) is 42.8 Å². The van der Waals surface area contributed by atoms with E-state index in [1.165, 1.54) is 0 Å². The van der Waals surface area contributed by atoms with Gasteiger partial charge in [0.25, 0.3) is 0 Å². The quantitative estimate of drug-likeness (QED) is 0.208. The fraction of sp³-hybridized carbons (Fsp3) is 0.524. The standard InChI is InChI=1S/C21H33N5O3S.HI/c1-4-18(5-2)20-14-19(29-26-20)16-24-21(22-6-3)23-12-13-30(27,28)25-15-17-10-8-7-9-11-17;/h7-11,14,18,25H,4-6,12-13,15-16H2,1-3H3,(H2,22,23,24);1H. The van der Waals surface area contributed by atoms with Gasteiger partial charge in [-0.05, 0) is 25.3 Å². The Balaban J connectivity index is 0.00000480. The number of benzene rings is 1. The predicted molar refractivity (Wildman–Crippen MR) is 135 cm³/mol. The molecule has 31 heavy (non-hydrogen) atoms. The van der Waals surface area contributed by atoms with Crippen LogP contribution >= 0.6 is 24.0 Å². The maximum Gasteiger partial charge on any atom is 0.213 e. The number of hydrogen-bond acceptors (Lipinski definition) is 5. The predicted octanol–water partition coefficient (Wildman–Crippen LogP) is 3.37. The van der Waals surface area contributed by atoms with Crippen LogP contribution in [0.3, 0.4) is 0 Å². The number of halogens is 1. The van der Waals surface area contributed by atoms with Crippen LogP contribution in [0.2, 0.25) is 0 Å². The summed E-state index contributed by atoms with van der Waals surface area (Å²) in [7, 11) is -3.39. The Morgan fingerprint density at radius 3 is 2.48 bits per heavy atom. The van der Waals surface area contributed by atoms with Crippen molar-refractivity contribution in [2.75, 3.05) is 18.8 Å². The zero-order chi connectivity index (χ0) is 21.8. The number of sulfonamides is 1. The van der Waals surface area contributed by atoms with Crippen molar-refractivity contribution < 1.29 is 12.9 Å². The fourth-order valence-electron chi connectivity index (χ4n) is 2.97. The lowest BCUT2D eigenvalue weighted by Gasteiger charge is -2.11. The highest BCUT2D eigenvalue weighted by Crippen LogP contribution is 2.22. The SMILES string of the molecule is CCNC(=NCc1cc(C(CC)CC)no1)NCCS(=O)(=O)NCc1ccccc1.I. The van der Waals surface area contributed by atoms with Gasteiger partial charge in [0.1, 0.15) is 6.54 Å². The molecule has 1 heterocycles. The molecular weight excluding hydrogens is 529 g/mol. The number of aliphatic imine (C=N–C) groups is 1. The fourth-order valence-corrected chi connectivity index (χ4v) is 3.87. The minimum Gasteiger partial charge on any atom is -0.359 e. The van der Waals surface area contributed by atoms with Crippen molar-refractivity contribution in [3.8, 4) is 0 Å². The van der Waals surface area contributed by atoms with Crippen LogP contribution in [-0.4, -0.2) is 38.4 Å². The number of hydrogen-bond donors (Lipinski definition) is 3. The molecular formula is C21H34IN5O3S. The molecule has 8 nitrogen and oxygen atoms in total. The second kappa shape index (κ2) is 14.4. The highest BCUT2D eigenvalue weighted by molar-refractivity contribution is 14.0. The Bertz CT molecular complexity index is 883. The third-order valence-electron chi connectivity index (χ3n) is 4.72. The Kier molecular flexibility index (Phi) is 12.7. The van der Waals surface area contributed by atoms with E-state index in [2.05, 4.69) is 39.4 Å². The number of nitrogens with zero attached hydrogens (tertiary/aromatic N) is 2. The van der Waals surface area contributed by atoms with Gasteiger partial charge in [0.2, 0.25) is 10.0 Å². The summed E-state index contributed by atoms with van der Waals surface area (Å²) in [5.41, 5.74) is 1.88. The van der Waals surface area contributed by atoms with Crippen LogP contribution < -0.4 is 15.4 Å². The lowest BCUT2D eigenvalue weighted by atomic mass is 9.99. The maximum atomic E-state index is 12.2. The van der Waals surface area contributed by atoms with Crippen LogP contribution in [0, 0.1) is 0 Å². The average molecular weight is 564 g/mol. The minimum atomic E-state index is -3.39. The van der Waals surface area contributed by atoms with Gasteiger partial charge in [-0.1, -0.05) is 49.3 Å². The van der Waals surface area contributed by atoms with Crippen molar-refractivity contribution in [3.05, 3.63) is 53.4 Å². The van der Waals surface area contributed by atoms with Crippen molar-refractivity contribution in [1.29, 1.82) is 0 Å². The maximum absolute atomic E-state index is 12.2. The van der Waals surface area contributed by atoms with E-state index in [9.17, 15) is 8.42 Å². The normalized spacial score (nSPS) is 11.9. The monoisotopic (exact) mass is 563 g/mol. The molecule has 0 aliphatic heterocycles. The Labute approximate surface area is 202 Å². The van der Waals surface area contributed by atoms with Crippen LogP contribution in [0.1, 0.15) is 56.5 Å². The van der Waals surface area contributed by atoms with Crippen LogP contribution in [0.15, 0.2) is 45.9 Å². The van der Waals surface area contributed by atoms with E-state index in [4.69, 9.17) is 4.52 Å².